The second-order valence-electron chi connectivity index (χ2n) is 4.88. The zero-order chi connectivity index (χ0) is 12.6. The van der Waals surface area contributed by atoms with E-state index in [0.29, 0.717) is 24.7 Å². The quantitative estimate of drug-likeness (QED) is 0.322. The molecule has 0 aliphatic carbocycles. The van der Waals surface area contributed by atoms with Crippen LogP contribution in [0, 0.1) is 23.7 Å². The molecule has 0 aliphatic heterocycles. The molecule has 0 aromatic rings. The van der Waals surface area contributed by atoms with Crippen LogP contribution in [0.25, 0.3) is 0 Å². The summed E-state index contributed by atoms with van der Waals surface area (Å²) in [6.07, 6.45) is 9.47. The molecule has 0 bridgehead atoms. The summed E-state index contributed by atoms with van der Waals surface area (Å²) in [6.45, 7) is 8.05. The Hall–Kier alpha value is 0.457. The second kappa shape index (κ2) is 13.9. The summed E-state index contributed by atoms with van der Waals surface area (Å²) in [4.78, 5) is 21.2. The van der Waals surface area contributed by atoms with Crippen molar-refractivity contribution in [2.24, 2.45) is 23.7 Å². The van der Waals surface area contributed by atoms with Gasteiger partial charge in [0.15, 0.2) is 0 Å². The van der Waals surface area contributed by atoms with E-state index in [1.807, 2.05) is 52.4 Å². The van der Waals surface area contributed by atoms with Crippen LogP contribution in [0.2, 0.25) is 0 Å². The molecule has 4 heteroatoms. The van der Waals surface area contributed by atoms with Crippen molar-refractivity contribution < 1.29 is 51.7 Å². The molecule has 0 saturated heterocycles. The van der Waals surface area contributed by atoms with Crippen LogP contribution in [0.3, 0.4) is 0 Å². The molecule has 104 valence electrons. The average Bonchev–Trinajstić information content (AvgIpc) is 2.22. The maximum atomic E-state index is 10.6. The number of rotatable bonds is 8. The third-order valence-electron chi connectivity index (χ3n) is 2.86. The molecule has 0 N–H and O–H groups in total. The smallest absolute Gasteiger partial charge is 0 e. The van der Waals surface area contributed by atoms with Crippen molar-refractivity contribution in [1.82, 2.24) is 0 Å². The zero-order valence-electron chi connectivity index (χ0n) is 11.5. The van der Waals surface area contributed by atoms with Gasteiger partial charge in [-0.2, -0.15) is 0 Å². The minimum absolute atomic E-state index is 0. The maximum absolute atomic E-state index is 10.6. The Kier molecular flexibility index (Phi) is 18.2. The van der Waals surface area contributed by atoms with E-state index >= 15 is 0 Å². The molecule has 0 radical (unpaired) electrons. The van der Waals surface area contributed by atoms with Crippen molar-refractivity contribution in [3.8, 4) is 0 Å². The molecule has 2 nitrogen and oxygen atoms in total. The van der Waals surface area contributed by atoms with Gasteiger partial charge in [0.1, 0.15) is 0 Å². The van der Waals surface area contributed by atoms with Crippen LogP contribution in [0.15, 0.2) is 12.2 Å². The van der Waals surface area contributed by atoms with Gasteiger partial charge < -0.3 is 9.59 Å². The summed E-state index contributed by atoms with van der Waals surface area (Å²) in [5.74, 6) is 0.573. The van der Waals surface area contributed by atoms with Crippen LogP contribution in [-0.2, 0) is 51.7 Å². The van der Waals surface area contributed by atoms with Crippen LogP contribution in [0.5, 0.6) is 0 Å². The van der Waals surface area contributed by atoms with E-state index in [1.54, 1.807) is 0 Å². The summed E-state index contributed by atoms with van der Waals surface area (Å²) >= 11 is 0. The second-order valence-corrected chi connectivity index (χ2v) is 4.88. The largest absolute Gasteiger partial charge is 0.541 e. The standard InChI is InChI=1S/C14H22O2.2W/c1-11(2)13(9-15)7-5-6-8-14(10-16)12(3)4;;/h5-6,11-14H,7-8H2,1-4H3;;/q-2;;/b6-5+;;/t13-,14-;;/m1../s1. The molecule has 0 fully saturated rings. The molecule has 0 aromatic carbocycles. The Balaban J connectivity index is -0.00000112. The van der Waals surface area contributed by atoms with E-state index < -0.39 is 0 Å². The molecule has 0 spiro atoms. The molecule has 0 amide bonds. The van der Waals surface area contributed by atoms with E-state index in [4.69, 9.17) is 0 Å². The van der Waals surface area contributed by atoms with E-state index in [9.17, 15) is 9.59 Å². The van der Waals surface area contributed by atoms with Crippen molar-refractivity contribution in [1.29, 1.82) is 0 Å². The fraction of sp³-hybridized carbons (Fsp3) is 0.714. The Labute approximate surface area is 140 Å². The fourth-order valence-electron chi connectivity index (χ4n) is 1.40. The summed E-state index contributed by atoms with van der Waals surface area (Å²) < 4.78 is 0. The van der Waals surface area contributed by atoms with Crippen LogP contribution in [-0.4, -0.2) is 12.6 Å². The van der Waals surface area contributed by atoms with Gasteiger partial charge in [-0.05, 0) is 0 Å². The number of allylic oxidation sites excluding steroid dienone is 2. The first-order valence-corrected chi connectivity index (χ1v) is 5.93. The van der Waals surface area contributed by atoms with Gasteiger partial charge in [0.05, 0.1) is 0 Å². The van der Waals surface area contributed by atoms with Gasteiger partial charge >= 0.3 is 0 Å². The fourth-order valence-corrected chi connectivity index (χ4v) is 1.40. The van der Waals surface area contributed by atoms with Gasteiger partial charge in [0.2, 0.25) is 0 Å². The van der Waals surface area contributed by atoms with Crippen molar-refractivity contribution >= 4 is 12.6 Å². The molecule has 0 aromatic heterocycles. The third kappa shape index (κ3) is 10.4. The van der Waals surface area contributed by atoms with Crippen molar-refractivity contribution in [2.75, 3.05) is 0 Å². The summed E-state index contributed by atoms with van der Waals surface area (Å²) in [6, 6.07) is 0. The van der Waals surface area contributed by atoms with Gasteiger partial charge in [-0.3, -0.25) is 12.6 Å². The van der Waals surface area contributed by atoms with Gasteiger partial charge in [-0.15, -0.1) is 11.8 Å². The molecule has 0 unspecified atom stereocenters. The monoisotopic (exact) mass is 590 g/mol. The van der Waals surface area contributed by atoms with E-state index in [1.165, 1.54) is 0 Å². The molecule has 0 saturated carbocycles. The van der Waals surface area contributed by atoms with Crippen LogP contribution >= 0.6 is 0 Å². The SMILES string of the molecule is CC(C)[C@@H]([C-]=O)C/C=C/C[C@H]([C-]=O)C(C)C.[W].[W]. The number of carbonyl (C=O) groups excluding carboxylic acids is 2. The number of hydrogen-bond acceptors (Lipinski definition) is 2. The minimum Gasteiger partial charge on any atom is -0.541 e. The predicted molar refractivity (Wildman–Crippen MR) is 66.4 cm³/mol. The minimum atomic E-state index is -0.0334. The molecular formula is C14H22O2W2-2. The van der Waals surface area contributed by atoms with Gasteiger partial charge in [-0.1, -0.05) is 64.5 Å². The molecule has 18 heavy (non-hydrogen) atoms. The van der Waals surface area contributed by atoms with Gasteiger partial charge in [-0.25, -0.2) is 0 Å². The Morgan fingerprint density at radius 3 is 1.22 bits per heavy atom. The van der Waals surface area contributed by atoms with E-state index in [2.05, 4.69) is 0 Å². The number of hydrogen-bond donors (Lipinski definition) is 0. The van der Waals surface area contributed by atoms with Crippen LogP contribution in [0.1, 0.15) is 40.5 Å². The molecule has 0 aliphatic rings. The maximum Gasteiger partial charge on any atom is 0 e. The molecule has 0 heterocycles. The van der Waals surface area contributed by atoms with Crippen molar-refractivity contribution in [3.63, 3.8) is 0 Å². The first-order chi connectivity index (χ1) is 7.52. The summed E-state index contributed by atoms with van der Waals surface area (Å²) in [5, 5.41) is 0. The first kappa shape index (κ1) is 23.5. The van der Waals surface area contributed by atoms with Gasteiger partial charge in [0.25, 0.3) is 0 Å². The molecule has 0 rings (SSSR count). The van der Waals surface area contributed by atoms with Crippen molar-refractivity contribution in [2.45, 2.75) is 40.5 Å². The predicted octanol–water partition coefficient (Wildman–Crippen LogP) is 3.08. The Morgan fingerprint density at radius 2 is 1.06 bits per heavy atom. The molecule has 2 atom stereocenters. The van der Waals surface area contributed by atoms with Crippen molar-refractivity contribution in [3.05, 3.63) is 12.2 Å². The normalized spacial score (nSPS) is 13.9. The summed E-state index contributed by atoms with van der Waals surface area (Å²) in [5.41, 5.74) is 0. The Bertz CT molecular complexity index is 214. The third-order valence-corrected chi connectivity index (χ3v) is 2.86. The topological polar surface area (TPSA) is 34.1 Å². The molecular weight excluding hydrogens is 568 g/mol. The van der Waals surface area contributed by atoms with Crippen LogP contribution < -0.4 is 0 Å². The van der Waals surface area contributed by atoms with Crippen LogP contribution in [0.4, 0.5) is 0 Å². The average molecular weight is 590 g/mol. The Morgan fingerprint density at radius 1 is 0.778 bits per heavy atom. The van der Waals surface area contributed by atoms with E-state index in [0.717, 1.165) is 0 Å². The summed E-state index contributed by atoms with van der Waals surface area (Å²) in [7, 11) is 0. The first-order valence-electron chi connectivity index (χ1n) is 5.93. The zero-order valence-corrected chi connectivity index (χ0v) is 17.4. The van der Waals surface area contributed by atoms with E-state index in [-0.39, 0.29) is 54.0 Å². The van der Waals surface area contributed by atoms with Gasteiger partial charge in [0, 0.05) is 42.1 Å².